The summed E-state index contributed by atoms with van der Waals surface area (Å²) in [7, 11) is 0. The van der Waals surface area contributed by atoms with Crippen LogP contribution in [0.5, 0.6) is 0 Å². The average Bonchev–Trinajstić information content (AvgIpc) is 2.75. The number of carbonyl (C=O) groups excluding carboxylic acids is 1. The van der Waals surface area contributed by atoms with Gasteiger partial charge < -0.3 is 15.2 Å². The van der Waals surface area contributed by atoms with Crippen LogP contribution in [0.25, 0.3) is 10.9 Å². The van der Waals surface area contributed by atoms with Gasteiger partial charge in [0.2, 0.25) is 0 Å². The molecule has 0 aliphatic carbocycles. The molecule has 4 rings (SSSR count). The van der Waals surface area contributed by atoms with Crippen LogP contribution in [-0.2, 0) is 17.3 Å². The van der Waals surface area contributed by atoms with Gasteiger partial charge in [-0.2, -0.15) is 13.2 Å². The van der Waals surface area contributed by atoms with Crippen molar-refractivity contribution in [2.45, 2.75) is 31.2 Å². The molecular weight excluding hydrogens is 411 g/mol. The highest BCUT2D eigenvalue weighted by Crippen LogP contribution is 2.28. The molecule has 2 unspecified atom stereocenters. The third-order valence-electron chi connectivity index (χ3n) is 5.19. The molecule has 0 saturated carbocycles. The summed E-state index contributed by atoms with van der Waals surface area (Å²) in [4.78, 5) is 20.7. The first-order chi connectivity index (χ1) is 14.8. The number of hydrogen-bond donors (Lipinski definition) is 2. The maximum Gasteiger partial charge on any atom is 0.433 e. The van der Waals surface area contributed by atoms with Crippen LogP contribution in [0.2, 0.25) is 0 Å². The fourth-order valence-corrected chi connectivity index (χ4v) is 3.56. The number of nitrogens with zero attached hydrogens (tertiary/aromatic N) is 2. The molecule has 3 heterocycles. The molecule has 9 heteroatoms. The molecule has 1 aliphatic rings. The van der Waals surface area contributed by atoms with E-state index in [1.807, 2.05) is 12.1 Å². The predicted octanol–water partition coefficient (Wildman–Crippen LogP) is 3.12. The number of halogens is 3. The van der Waals surface area contributed by atoms with Crippen LogP contribution in [0.15, 0.2) is 48.7 Å². The minimum Gasteiger partial charge on any atom is -0.389 e. The maximum atomic E-state index is 12.8. The van der Waals surface area contributed by atoms with Crippen LogP contribution < -0.4 is 5.32 Å². The van der Waals surface area contributed by atoms with Gasteiger partial charge in [0.25, 0.3) is 5.91 Å². The lowest BCUT2D eigenvalue weighted by Gasteiger charge is -2.28. The standard InChI is InChI=1S/C22H20F3N3O3/c23-22(24,25)20-6-5-13(11-26-20)9-14-10-18(27-16-4-2-1-3-15(14)16)21(30)28-17-7-8-31-12-19(17)29/h1-6,10-11,17,19,29H,7-9,12H2,(H,28,30). The van der Waals surface area contributed by atoms with Crippen molar-refractivity contribution in [3.8, 4) is 0 Å². The van der Waals surface area contributed by atoms with E-state index >= 15 is 0 Å². The Morgan fingerprint density at radius 3 is 2.74 bits per heavy atom. The number of aliphatic hydroxyl groups is 1. The van der Waals surface area contributed by atoms with Gasteiger partial charge in [-0.3, -0.25) is 9.78 Å². The third-order valence-corrected chi connectivity index (χ3v) is 5.19. The number of para-hydroxylation sites is 1. The van der Waals surface area contributed by atoms with Gasteiger partial charge in [-0.05, 0) is 42.2 Å². The van der Waals surface area contributed by atoms with Gasteiger partial charge in [0.1, 0.15) is 11.4 Å². The number of carbonyl (C=O) groups is 1. The molecule has 1 aromatic carbocycles. The van der Waals surface area contributed by atoms with Crippen molar-refractivity contribution >= 4 is 16.8 Å². The molecule has 0 radical (unpaired) electrons. The molecule has 3 aromatic rings. The summed E-state index contributed by atoms with van der Waals surface area (Å²) in [6.45, 7) is 0.599. The fourth-order valence-electron chi connectivity index (χ4n) is 3.56. The number of rotatable bonds is 4. The van der Waals surface area contributed by atoms with Gasteiger partial charge in [0.05, 0.1) is 24.3 Å². The van der Waals surface area contributed by atoms with Crippen molar-refractivity contribution in [1.29, 1.82) is 0 Å². The number of ether oxygens (including phenoxy) is 1. The summed E-state index contributed by atoms with van der Waals surface area (Å²) >= 11 is 0. The zero-order chi connectivity index (χ0) is 22.0. The van der Waals surface area contributed by atoms with E-state index in [1.165, 1.54) is 12.3 Å². The Hall–Kier alpha value is -3.04. The lowest BCUT2D eigenvalue weighted by molar-refractivity contribution is -0.141. The summed E-state index contributed by atoms with van der Waals surface area (Å²) in [6, 6.07) is 10.8. The first-order valence-electron chi connectivity index (χ1n) is 9.79. The molecule has 2 aromatic heterocycles. The molecule has 1 amide bonds. The van der Waals surface area contributed by atoms with Crippen LogP contribution in [0.3, 0.4) is 0 Å². The van der Waals surface area contributed by atoms with E-state index in [4.69, 9.17) is 4.74 Å². The van der Waals surface area contributed by atoms with E-state index in [0.717, 1.165) is 17.0 Å². The van der Waals surface area contributed by atoms with Gasteiger partial charge in [0.15, 0.2) is 0 Å². The van der Waals surface area contributed by atoms with Gasteiger partial charge >= 0.3 is 6.18 Å². The largest absolute Gasteiger partial charge is 0.433 e. The average molecular weight is 431 g/mol. The van der Waals surface area contributed by atoms with Crippen molar-refractivity contribution in [3.05, 3.63) is 71.2 Å². The van der Waals surface area contributed by atoms with E-state index in [-0.39, 0.29) is 18.7 Å². The van der Waals surface area contributed by atoms with E-state index < -0.39 is 29.9 Å². The topological polar surface area (TPSA) is 84.3 Å². The Bertz CT molecular complexity index is 1090. The number of aliphatic hydroxyl groups excluding tert-OH is 1. The van der Waals surface area contributed by atoms with Crippen LogP contribution in [0, 0.1) is 0 Å². The number of hydrogen-bond acceptors (Lipinski definition) is 5. The van der Waals surface area contributed by atoms with Gasteiger partial charge in [-0.15, -0.1) is 0 Å². The smallest absolute Gasteiger partial charge is 0.389 e. The van der Waals surface area contributed by atoms with E-state index in [0.29, 0.717) is 24.1 Å². The molecule has 1 saturated heterocycles. The van der Waals surface area contributed by atoms with Crippen LogP contribution >= 0.6 is 0 Å². The number of alkyl halides is 3. The molecule has 0 bridgehead atoms. The van der Waals surface area contributed by atoms with Crippen molar-refractivity contribution < 1.29 is 27.8 Å². The number of fused-ring (bicyclic) bond motifs is 1. The van der Waals surface area contributed by atoms with Crippen molar-refractivity contribution in [2.24, 2.45) is 0 Å². The highest BCUT2D eigenvalue weighted by atomic mass is 19.4. The second-order valence-electron chi connectivity index (χ2n) is 7.42. The van der Waals surface area contributed by atoms with E-state index in [2.05, 4.69) is 15.3 Å². The van der Waals surface area contributed by atoms with Crippen LogP contribution in [0.1, 0.15) is 33.7 Å². The predicted molar refractivity (Wildman–Crippen MR) is 106 cm³/mol. The molecule has 6 nitrogen and oxygen atoms in total. The zero-order valence-corrected chi connectivity index (χ0v) is 16.4. The number of nitrogens with one attached hydrogen (secondary N) is 1. The minimum atomic E-state index is -4.50. The number of amides is 1. The molecule has 2 N–H and O–H groups in total. The first kappa shape index (κ1) is 21.2. The van der Waals surface area contributed by atoms with Crippen LogP contribution in [-0.4, -0.2) is 46.3 Å². The number of pyridine rings is 2. The Labute approximate surface area is 176 Å². The monoisotopic (exact) mass is 431 g/mol. The lowest BCUT2D eigenvalue weighted by atomic mass is 10.0. The molecule has 2 atom stereocenters. The SMILES string of the molecule is O=C(NC1CCOCC1O)c1cc(Cc2ccc(C(F)(F)F)nc2)c2ccccc2n1. The maximum absolute atomic E-state index is 12.8. The second kappa shape index (κ2) is 8.60. The van der Waals surface area contributed by atoms with Crippen LogP contribution in [0.4, 0.5) is 13.2 Å². The summed E-state index contributed by atoms with van der Waals surface area (Å²) < 4.78 is 43.5. The summed E-state index contributed by atoms with van der Waals surface area (Å²) in [6.07, 6.45) is -3.33. The summed E-state index contributed by atoms with van der Waals surface area (Å²) in [5, 5.41) is 13.6. The van der Waals surface area contributed by atoms with E-state index in [1.54, 1.807) is 18.2 Å². The van der Waals surface area contributed by atoms with Crippen molar-refractivity contribution in [2.75, 3.05) is 13.2 Å². The highest BCUT2D eigenvalue weighted by molar-refractivity contribution is 5.96. The molecule has 1 fully saturated rings. The number of benzene rings is 1. The molecule has 0 spiro atoms. The Balaban J connectivity index is 1.62. The molecule has 31 heavy (non-hydrogen) atoms. The molecular formula is C22H20F3N3O3. The quantitative estimate of drug-likeness (QED) is 0.663. The van der Waals surface area contributed by atoms with Gasteiger partial charge in [-0.1, -0.05) is 24.3 Å². The Kier molecular flexibility index (Phi) is 5.88. The normalized spacial score (nSPS) is 19.4. The zero-order valence-electron chi connectivity index (χ0n) is 16.4. The molecule has 1 aliphatic heterocycles. The van der Waals surface area contributed by atoms with Crippen molar-refractivity contribution in [3.63, 3.8) is 0 Å². The second-order valence-corrected chi connectivity index (χ2v) is 7.42. The Morgan fingerprint density at radius 1 is 1.23 bits per heavy atom. The van der Waals surface area contributed by atoms with Gasteiger partial charge in [-0.25, -0.2) is 4.98 Å². The number of aromatic nitrogens is 2. The molecule has 162 valence electrons. The highest BCUT2D eigenvalue weighted by Gasteiger charge is 2.32. The lowest BCUT2D eigenvalue weighted by Crippen LogP contribution is -2.48. The minimum absolute atomic E-state index is 0.155. The van der Waals surface area contributed by atoms with E-state index in [9.17, 15) is 23.1 Å². The van der Waals surface area contributed by atoms with Crippen molar-refractivity contribution in [1.82, 2.24) is 15.3 Å². The fraction of sp³-hybridized carbons (Fsp3) is 0.318. The third kappa shape index (κ3) is 4.83. The summed E-state index contributed by atoms with van der Waals surface area (Å²) in [5.74, 6) is -0.427. The Morgan fingerprint density at radius 2 is 2.03 bits per heavy atom. The van der Waals surface area contributed by atoms with Gasteiger partial charge in [0, 0.05) is 18.2 Å². The summed E-state index contributed by atoms with van der Waals surface area (Å²) in [5.41, 5.74) is 1.14. The first-order valence-corrected chi connectivity index (χ1v) is 9.79.